The van der Waals surface area contributed by atoms with E-state index in [1.807, 2.05) is 19.9 Å². The molecule has 1 aromatic rings. The van der Waals surface area contributed by atoms with Gasteiger partial charge in [-0.3, -0.25) is 0 Å². The summed E-state index contributed by atoms with van der Waals surface area (Å²) in [7, 11) is 1.73. The minimum absolute atomic E-state index is 1.02. The topological polar surface area (TPSA) is 9.23 Å². The first-order valence-electron chi connectivity index (χ1n) is 5.48. The quantitative estimate of drug-likeness (QED) is 0.710. The van der Waals surface area contributed by atoms with E-state index in [4.69, 9.17) is 4.74 Å². The lowest BCUT2D eigenvalue weighted by atomic mass is 10.0. The summed E-state index contributed by atoms with van der Waals surface area (Å²) in [4.78, 5) is 0. The summed E-state index contributed by atoms with van der Waals surface area (Å²) in [5.41, 5.74) is 2.75. The summed E-state index contributed by atoms with van der Waals surface area (Å²) in [6.07, 6.45) is 2.13. The number of benzene rings is 1. The van der Waals surface area contributed by atoms with Crippen molar-refractivity contribution in [2.45, 2.75) is 40.5 Å². The van der Waals surface area contributed by atoms with Gasteiger partial charge in [0.2, 0.25) is 0 Å². The second-order valence-corrected chi connectivity index (χ2v) is 2.81. The average molecular weight is 194 g/mol. The summed E-state index contributed by atoms with van der Waals surface area (Å²) in [5.74, 6) is 1.02. The van der Waals surface area contributed by atoms with Gasteiger partial charge in [0.25, 0.3) is 0 Å². The van der Waals surface area contributed by atoms with Crippen molar-refractivity contribution in [3.63, 3.8) is 0 Å². The van der Waals surface area contributed by atoms with Crippen molar-refractivity contribution >= 4 is 0 Å². The monoisotopic (exact) mass is 194 g/mol. The van der Waals surface area contributed by atoms with Gasteiger partial charge in [-0.25, -0.2) is 0 Å². The van der Waals surface area contributed by atoms with E-state index in [9.17, 15) is 0 Å². The Morgan fingerprint density at radius 3 is 2.14 bits per heavy atom. The predicted molar refractivity (Wildman–Crippen MR) is 63.1 cm³/mol. The molecular formula is C13H22O. The molecule has 80 valence electrons. The number of hydrogen-bond donors (Lipinski definition) is 0. The Bertz CT molecular complexity index is 231. The summed E-state index contributed by atoms with van der Waals surface area (Å²) in [6, 6.07) is 6.25. The van der Waals surface area contributed by atoms with Gasteiger partial charge in [0.05, 0.1) is 7.11 Å². The molecule has 0 saturated carbocycles. The Labute approximate surface area is 88.1 Å². The Hall–Kier alpha value is -0.980. The third-order valence-corrected chi connectivity index (χ3v) is 2.18. The molecule has 0 heterocycles. The molecule has 0 amide bonds. The van der Waals surface area contributed by atoms with E-state index >= 15 is 0 Å². The zero-order chi connectivity index (χ0) is 11.0. The summed E-state index contributed by atoms with van der Waals surface area (Å²) >= 11 is 0. The number of ether oxygens (including phenoxy) is 1. The van der Waals surface area contributed by atoms with Crippen LogP contribution in [0.5, 0.6) is 5.75 Å². The molecule has 0 saturated heterocycles. The van der Waals surface area contributed by atoms with Crippen LogP contribution in [0.25, 0.3) is 0 Å². The number of aryl methyl sites for hydroxylation is 1. The van der Waals surface area contributed by atoms with E-state index in [0.717, 1.165) is 18.6 Å². The molecule has 0 atom stereocenters. The summed E-state index contributed by atoms with van der Waals surface area (Å²) < 4.78 is 5.28. The van der Waals surface area contributed by atoms with E-state index in [1.165, 1.54) is 11.1 Å². The number of methoxy groups -OCH3 is 1. The second kappa shape index (κ2) is 7.43. The number of hydrogen-bond acceptors (Lipinski definition) is 1. The van der Waals surface area contributed by atoms with Gasteiger partial charge in [-0.2, -0.15) is 0 Å². The molecule has 0 aliphatic heterocycles. The van der Waals surface area contributed by atoms with Gasteiger partial charge in [0, 0.05) is 0 Å². The van der Waals surface area contributed by atoms with Crippen LogP contribution in [0.3, 0.4) is 0 Å². The van der Waals surface area contributed by atoms with Gasteiger partial charge in [-0.05, 0) is 30.0 Å². The normalized spacial score (nSPS) is 8.93. The highest BCUT2D eigenvalue weighted by Crippen LogP contribution is 2.22. The SMILES string of the molecule is CC.CCc1cccc(OC)c1CC. The van der Waals surface area contributed by atoms with E-state index in [-0.39, 0.29) is 0 Å². The molecule has 1 rings (SSSR count). The molecule has 14 heavy (non-hydrogen) atoms. The van der Waals surface area contributed by atoms with Gasteiger partial charge in [-0.1, -0.05) is 39.8 Å². The second-order valence-electron chi connectivity index (χ2n) is 2.81. The molecule has 1 aromatic carbocycles. The Morgan fingerprint density at radius 2 is 1.71 bits per heavy atom. The van der Waals surface area contributed by atoms with Crippen LogP contribution in [0, 0.1) is 0 Å². The van der Waals surface area contributed by atoms with Crippen molar-refractivity contribution in [1.29, 1.82) is 0 Å². The summed E-state index contributed by atoms with van der Waals surface area (Å²) in [5, 5.41) is 0. The molecule has 1 nitrogen and oxygen atoms in total. The van der Waals surface area contributed by atoms with Crippen molar-refractivity contribution in [2.75, 3.05) is 7.11 Å². The minimum Gasteiger partial charge on any atom is -0.496 e. The molecule has 0 fully saturated rings. The Morgan fingerprint density at radius 1 is 1.07 bits per heavy atom. The smallest absolute Gasteiger partial charge is 0.122 e. The van der Waals surface area contributed by atoms with Crippen LogP contribution in [0.15, 0.2) is 18.2 Å². The van der Waals surface area contributed by atoms with E-state index < -0.39 is 0 Å². The molecular weight excluding hydrogens is 172 g/mol. The van der Waals surface area contributed by atoms with Crippen LogP contribution < -0.4 is 4.74 Å². The van der Waals surface area contributed by atoms with E-state index in [0.29, 0.717) is 0 Å². The van der Waals surface area contributed by atoms with Crippen LogP contribution in [-0.4, -0.2) is 7.11 Å². The molecule has 0 bridgehead atoms. The lowest BCUT2D eigenvalue weighted by Crippen LogP contribution is -1.95. The molecule has 0 aromatic heterocycles. The van der Waals surface area contributed by atoms with Gasteiger partial charge in [0.15, 0.2) is 0 Å². The first kappa shape index (κ1) is 13.0. The molecule has 0 spiro atoms. The third-order valence-electron chi connectivity index (χ3n) is 2.18. The van der Waals surface area contributed by atoms with Crippen molar-refractivity contribution < 1.29 is 4.74 Å². The zero-order valence-electron chi connectivity index (χ0n) is 10.1. The van der Waals surface area contributed by atoms with Crippen LogP contribution in [0.2, 0.25) is 0 Å². The molecule has 0 aliphatic carbocycles. The highest BCUT2D eigenvalue weighted by Gasteiger charge is 2.03. The lowest BCUT2D eigenvalue weighted by molar-refractivity contribution is 0.409. The fourth-order valence-electron chi connectivity index (χ4n) is 1.53. The van der Waals surface area contributed by atoms with E-state index in [2.05, 4.69) is 26.0 Å². The number of rotatable bonds is 3. The van der Waals surface area contributed by atoms with Gasteiger partial charge in [0.1, 0.15) is 5.75 Å². The minimum atomic E-state index is 1.02. The Kier molecular flexibility index (Phi) is 6.91. The average Bonchev–Trinajstić information content (AvgIpc) is 2.30. The molecule has 0 unspecified atom stereocenters. The zero-order valence-corrected chi connectivity index (χ0v) is 10.1. The van der Waals surface area contributed by atoms with Crippen molar-refractivity contribution in [2.24, 2.45) is 0 Å². The molecule has 0 N–H and O–H groups in total. The standard InChI is InChI=1S/C11H16O.C2H6/c1-4-9-7-6-8-11(12-3)10(9)5-2;1-2/h6-8H,4-5H2,1-3H3;1-2H3. The largest absolute Gasteiger partial charge is 0.496 e. The molecule has 1 heteroatoms. The van der Waals surface area contributed by atoms with E-state index in [1.54, 1.807) is 7.11 Å². The molecule has 0 aliphatic rings. The molecule has 0 radical (unpaired) electrons. The van der Waals surface area contributed by atoms with Crippen LogP contribution >= 0.6 is 0 Å². The summed E-state index contributed by atoms with van der Waals surface area (Å²) in [6.45, 7) is 8.34. The fraction of sp³-hybridized carbons (Fsp3) is 0.538. The van der Waals surface area contributed by atoms with Gasteiger partial charge in [-0.15, -0.1) is 0 Å². The highest BCUT2D eigenvalue weighted by molar-refractivity contribution is 5.40. The first-order valence-corrected chi connectivity index (χ1v) is 5.48. The maximum absolute atomic E-state index is 5.28. The van der Waals surface area contributed by atoms with Crippen LogP contribution in [0.1, 0.15) is 38.8 Å². The highest BCUT2D eigenvalue weighted by atomic mass is 16.5. The van der Waals surface area contributed by atoms with Crippen molar-refractivity contribution in [3.05, 3.63) is 29.3 Å². The third kappa shape index (κ3) is 3.06. The van der Waals surface area contributed by atoms with Crippen molar-refractivity contribution in [1.82, 2.24) is 0 Å². The lowest BCUT2D eigenvalue weighted by Gasteiger charge is -2.10. The van der Waals surface area contributed by atoms with Gasteiger partial charge >= 0.3 is 0 Å². The van der Waals surface area contributed by atoms with Gasteiger partial charge < -0.3 is 4.74 Å². The Balaban J connectivity index is 0.000000791. The fourth-order valence-corrected chi connectivity index (χ4v) is 1.53. The first-order chi connectivity index (χ1) is 6.83. The predicted octanol–water partition coefficient (Wildman–Crippen LogP) is 3.85. The van der Waals surface area contributed by atoms with Crippen LogP contribution in [0.4, 0.5) is 0 Å². The van der Waals surface area contributed by atoms with Crippen LogP contribution in [-0.2, 0) is 12.8 Å². The maximum Gasteiger partial charge on any atom is 0.122 e. The maximum atomic E-state index is 5.28. The van der Waals surface area contributed by atoms with Crippen molar-refractivity contribution in [3.8, 4) is 5.75 Å².